The number of hydrogen-bond acceptors (Lipinski definition) is 6. The summed E-state index contributed by atoms with van der Waals surface area (Å²) in [4.78, 5) is 16.5. The zero-order chi connectivity index (χ0) is 23.9. The minimum Gasteiger partial charge on any atom is -0.491 e. The summed E-state index contributed by atoms with van der Waals surface area (Å²) in [5.74, 6) is 0.480. The van der Waals surface area contributed by atoms with E-state index in [0.29, 0.717) is 30.5 Å². The van der Waals surface area contributed by atoms with Gasteiger partial charge in [-0.15, -0.1) is 0 Å². The minimum absolute atomic E-state index is 0.122. The van der Waals surface area contributed by atoms with Crippen LogP contribution in [0.1, 0.15) is 44.4 Å². The van der Waals surface area contributed by atoms with E-state index in [1.54, 1.807) is 6.92 Å². The predicted octanol–water partition coefficient (Wildman–Crippen LogP) is 5.24. The first-order valence-electron chi connectivity index (χ1n) is 11.9. The Morgan fingerprint density at radius 3 is 2.88 bits per heavy atom. The number of hydrogen-bond donors (Lipinski definition) is 0. The molecule has 34 heavy (non-hydrogen) atoms. The number of aryl methyl sites for hydroxylation is 1. The Morgan fingerprint density at radius 2 is 2.12 bits per heavy atom. The number of rotatable bonds is 10. The first-order valence-corrected chi connectivity index (χ1v) is 12.3. The average molecular weight is 487 g/mol. The molecule has 1 aromatic carbocycles. The van der Waals surface area contributed by atoms with Crippen molar-refractivity contribution in [3.63, 3.8) is 0 Å². The molecule has 8 heteroatoms. The lowest BCUT2D eigenvalue weighted by atomic mass is 10.0. The molecular formula is C26H31ClN2O5. The molecule has 7 nitrogen and oxygen atoms in total. The number of benzene rings is 1. The number of carbonyl (C=O) groups is 1. The lowest BCUT2D eigenvalue weighted by molar-refractivity contribution is -0.165. The SMILES string of the molecule is CCOC(=O)Cc1cn2c(-c3cc(OCCOC4CCCCO4)c(CC)cc3Cl)cccc2n1. The summed E-state index contributed by atoms with van der Waals surface area (Å²) in [6.07, 6.45) is 5.79. The fraction of sp³-hybridized carbons (Fsp3) is 0.462. The first-order chi connectivity index (χ1) is 16.6. The Labute approximate surface area is 204 Å². The van der Waals surface area contributed by atoms with E-state index in [2.05, 4.69) is 11.9 Å². The molecule has 0 radical (unpaired) electrons. The van der Waals surface area contributed by atoms with Gasteiger partial charge in [-0.05, 0) is 62.4 Å². The summed E-state index contributed by atoms with van der Waals surface area (Å²) in [6.45, 7) is 5.85. The number of imidazole rings is 1. The van der Waals surface area contributed by atoms with Crippen LogP contribution in [0.4, 0.5) is 0 Å². The van der Waals surface area contributed by atoms with Gasteiger partial charge in [0, 0.05) is 18.4 Å². The van der Waals surface area contributed by atoms with Crippen molar-refractivity contribution in [1.82, 2.24) is 9.38 Å². The fourth-order valence-corrected chi connectivity index (χ4v) is 4.38. The van der Waals surface area contributed by atoms with Crippen LogP contribution in [0.5, 0.6) is 5.75 Å². The molecule has 0 amide bonds. The summed E-state index contributed by atoms with van der Waals surface area (Å²) in [5.41, 5.74) is 4.10. The standard InChI is InChI=1S/C26H31ClN2O5/c1-3-18-14-21(27)20(16-23(18)32-12-13-34-26-10-5-6-11-33-26)22-8-7-9-24-28-19(17-29(22)24)15-25(30)31-4-2/h7-9,14,16-17,26H,3-6,10-13,15H2,1-2H3. The summed E-state index contributed by atoms with van der Waals surface area (Å²) < 4.78 is 24.5. The third-order valence-electron chi connectivity index (χ3n) is 5.76. The molecule has 3 aromatic rings. The van der Waals surface area contributed by atoms with Crippen LogP contribution in [0.15, 0.2) is 36.5 Å². The van der Waals surface area contributed by atoms with Crippen molar-refractivity contribution >= 4 is 23.2 Å². The second kappa shape index (κ2) is 11.7. The number of halogens is 1. The van der Waals surface area contributed by atoms with Crippen LogP contribution in [0.2, 0.25) is 5.02 Å². The number of pyridine rings is 1. The molecule has 0 bridgehead atoms. The molecule has 182 valence electrons. The van der Waals surface area contributed by atoms with Crippen LogP contribution in [-0.2, 0) is 31.8 Å². The van der Waals surface area contributed by atoms with Gasteiger partial charge in [0.25, 0.3) is 0 Å². The van der Waals surface area contributed by atoms with Gasteiger partial charge >= 0.3 is 5.97 Å². The van der Waals surface area contributed by atoms with E-state index < -0.39 is 0 Å². The van der Waals surface area contributed by atoms with Crippen LogP contribution < -0.4 is 4.74 Å². The second-order valence-electron chi connectivity index (χ2n) is 8.16. The molecule has 0 spiro atoms. The van der Waals surface area contributed by atoms with Gasteiger partial charge in [-0.25, -0.2) is 4.98 Å². The van der Waals surface area contributed by atoms with Crippen molar-refractivity contribution in [2.75, 3.05) is 26.4 Å². The van der Waals surface area contributed by atoms with Gasteiger partial charge in [-0.2, -0.15) is 0 Å². The van der Waals surface area contributed by atoms with Crippen LogP contribution in [0.25, 0.3) is 16.9 Å². The van der Waals surface area contributed by atoms with Gasteiger partial charge in [-0.1, -0.05) is 24.6 Å². The van der Waals surface area contributed by atoms with Gasteiger partial charge < -0.3 is 18.9 Å². The van der Waals surface area contributed by atoms with Gasteiger partial charge in [0.1, 0.15) is 18.0 Å². The molecule has 1 atom stereocenters. The summed E-state index contributed by atoms with van der Waals surface area (Å²) in [5, 5.41) is 0.629. The lowest BCUT2D eigenvalue weighted by Gasteiger charge is -2.23. The number of nitrogens with zero attached hydrogens (tertiary/aromatic N) is 2. The second-order valence-corrected chi connectivity index (χ2v) is 8.57. The van der Waals surface area contributed by atoms with Gasteiger partial charge in [-0.3, -0.25) is 9.20 Å². The van der Waals surface area contributed by atoms with Gasteiger partial charge in [0.2, 0.25) is 0 Å². The molecule has 2 aromatic heterocycles. The van der Waals surface area contributed by atoms with Crippen LogP contribution >= 0.6 is 11.6 Å². The molecule has 1 aliphatic rings. The Bertz CT molecular complexity index is 1120. The monoisotopic (exact) mass is 486 g/mol. The Balaban J connectivity index is 1.54. The largest absolute Gasteiger partial charge is 0.491 e. The van der Waals surface area contributed by atoms with E-state index >= 15 is 0 Å². The number of aromatic nitrogens is 2. The van der Waals surface area contributed by atoms with Crippen LogP contribution in [-0.4, -0.2) is 48.1 Å². The zero-order valence-electron chi connectivity index (χ0n) is 19.7. The van der Waals surface area contributed by atoms with Crippen LogP contribution in [0, 0.1) is 0 Å². The van der Waals surface area contributed by atoms with Crippen molar-refractivity contribution in [2.24, 2.45) is 0 Å². The molecule has 0 N–H and O–H groups in total. The highest BCUT2D eigenvalue weighted by Crippen LogP contribution is 2.35. The van der Waals surface area contributed by atoms with Crippen molar-refractivity contribution < 1.29 is 23.7 Å². The molecule has 1 aliphatic heterocycles. The van der Waals surface area contributed by atoms with Crippen LogP contribution in [0.3, 0.4) is 0 Å². The van der Waals surface area contributed by atoms with Crippen molar-refractivity contribution in [1.29, 1.82) is 0 Å². The highest BCUT2D eigenvalue weighted by molar-refractivity contribution is 6.33. The van der Waals surface area contributed by atoms with Gasteiger partial charge in [0.15, 0.2) is 6.29 Å². The quantitative estimate of drug-likeness (QED) is 0.288. The molecule has 3 heterocycles. The third-order valence-corrected chi connectivity index (χ3v) is 6.08. The molecule has 1 fully saturated rings. The molecule has 4 rings (SSSR count). The van der Waals surface area contributed by atoms with E-state index in [9.17, 15) is 4.79 Å². The van der Waals surface area contributed by atoms with E-state index in [0.717, 1.165) is 60.5 Å². The number of carbonyl (C=O) groups excluding carboxylic acids is 1. The normalized spacial score (nSPS) is 16.0. The van der Waals surface area contributed by atoms with Gasteiger partial charge in [0.05, 0.1) is 36.0 Å². The Kier molecular flexibility index (Phi) is 8.43. The van der Waals surface area contributed by atoms with Crippen molar-refractivity contribution in [2.45, 2.75) is 52.2 Å². The molecule has 0 saturated carbocycles. The maximum absolute atomic E-state index is 11.9. The zero-order valence-corrected chi connectivity index (χ0v) is 20.5. The topological polar surface area (TPSA) is 71.3 Å². The molecular weight excluding hydrogens is 456 g/mol. The lowest BCUT2D eigenvalue weighted by Crippen LogP contribution is -2.24. The average Bonchev–Trinajstić information content (AvgIpc) is 3.25. The fourth-order valence-electron chi connectivity index (χ4n) is 4.10. The highest BCUT2D eigenvalue weighted by atomic mass is 35.5. The Morgan fingerprint density at radius 1 is 1.24 bits per heavy atom. The van der Waals surface area contributed by atoms with Crippen molar-refractivity contribution in [3.05, 3.63) is 52.8 Å². The maximum atomic E-state index is 11.9. The van der Waals surface area contributed by atoms with E-state index in [1.165, 1.54) is 0 Å². The summed E-state index contributed by atoms with van der Waals surface area (Å²) >= 11 is 6.71. The highest BCUT2D eigenvalue weighted by Gasteiger charge is 2.17. The first kappa shape index (κ1) is 24.5. The summed E-state index contributed by atoms with van der Waals surface area (Å²) in [6, 6.07) is 9.72. The number of fused-ring (bicyclic) bond motifs is 1. The number of ether oxygens (including phenoxy) is 4. The Hall–Kier alpha value is -2.61. The van der Waals surface area contributed by atoms with E-state index in [-0.39, 0.29) is 18.7 Å². The molecule has 0 aliphatic carbocycles. The van der Waals surface area contributed by atoms with E-state index in [4.69, 9.17) is 30.5 Å². The third kappa shape index (κ3) is 5.90. The smallest absolute Gasteiger partial charge is 0.311 e. The minimum atomic E-state index is -0.297. The van der Waals surface area contributed by atoms with E-state index in [1.807, 2.05) is 40.9 Å². The summed E-state index contributed by atoms with van der Waals surface area (Å²) in [7, 11) is 0. The molecule has 1 saturated heterocycles. The molecule has 1 unspecified atom stereocenters. The predicted molar refractivity (Wildman–Crippen MR) is 130 cm³/mol. The maximum Gasteiger partial charge on any atom is 0.311 e. The number of esters is 1. The van der Waals surface area contributed by atoms with Crippen molar-refractivity contribution in [3.8, 4) is 17.0 Å².